The normalized spacial score (nSPS) is 12.8. The molecule has 0 spiro atoms. The lowest BCUT2D eigenvalue weighted by molar-refractivity contribution is 0.0917. The molecule has 1 rings (SSSR count). The first-order valence-electron chi connectivity index (χ1n) is 7.15. The van der Waals surface area contributed by atoms with Crippen LogP contribution in [0.15, 0.2) is 24.5 Å². The van der Waals surface area contributed by atoms with Crippen molar-refractivity contribution in [1.29, 1.82) is 0 Å². The van der Waals surface area contributed by atoms with E-state index >= 15 is 0 Å². The number of hydrogen-bond acceptors (Lipinski definition) is 1. The Morgan fingerprint density at radius 3 is 2.00 bits per heavy atom. The van der Waals surface area contributed by atoms with Crippen molar-refractivity contribution in [2.45, 2.75) is 70.9 Å². The van der Waals surface area contributed by atoms with Crippen LogP contribution in [-0.4, -0.2) is 9.67 Å². The average Bonchev–Trinajstić information content (AvgIpc) is 2.86. The van der Waals surface area contributed by atoms with Gasteiger partial charge in [0.1, 0.15) is 6.23 Å². The van der Waals surface area contributed by atoms with Gasteiger partial charge in [0.25, 0.3) is 0 Å². The third-order valence-corrected chi connectivity index (χ3v) is 3.29. The first kappa shape index (κ1) is 14.3. The summed E-state index contributed by atoms with van der Waals surface area (Å²) in [6, 6.07) is 3.91. The molecule has 1 aromatic rings. The molecule has 2 nitrogen and oxygen atoms in total. The van der Waals surface area contributed by atoms with Gasteiger partial charge in [-0.25, -0.2) is 0 Å². The lowest BCUT2D eigenvalue weighted by Gasteiger charge is -2.12. The van der Waals surface area contributed by atoms with Gasteiger partial charge in [-0.2, -0.15) is 0 Å². The van der Waals surface area contributed by atoms with E-state index in [1.165, 1.54) is 44.9 Å². The van der Waals surface area contributed by atoms with Gasteiger partial charge in [0.15, 0.2) is 0 Å². The van der Waals surface area contributed by atoms with Crippen LogP contribution in [0.4, 0.5) is 0 Å². The molecule has 1 N–H and O–H groups in total. The van der Waals surface area contributed by atoms with E-state index in [9.17, 15) is 5.11 Å². The summed E-state index contributed by atoms with van der Waals surface area (Å²) in [5.41, 5.74) is 0. The molecule has 0 aromatic carbocycles. The summed E-state index contributed by atoms with van der Waals surface area (Å²) in [6.45, 7) is 2.25. The second-order valence-electron chi connectivity index (χ2n) is 4.87. The maximum absolute atomic E-state index is 9.85. The Balaban J connectivity index is 1.90. The van der Waals surface area contributed by atoms with Crippen LogP contribution in [-0.2, 0) is 0 Å². The molecule has 0 bridgehead atoms. The van der Waals surface area contributed by atoms with Gasteiger partial charge in [0.2, 0.25) is 0 Å². The number of aromatic nitrogens is 1. The smallest absolute Gasteiger partial charge is 0.130 e. The molecule has 0 saturated carbocycles. The number of unbranched alkanes of at least 4 members (excludes halogenated alkanes) is 7. The fourth-order valence-corrected chi connectivity index (χ4v) is 2.16. The quantitative estimate of drug-likeness (QED) is 0.595. The Morgan fingerprint density at radius 2 is 1.41 bits per heavy atom. The highest BCUT2D eigenvalue weighted by molar-refractivity contribution is 4.91. The molecular weight excluding hydrogens is 210 g/mol. The monoisotopic (exact) mass is 237 g/mol. The highest BCUT2D eigenvalue weighted by Crippen LogP contribution is 2.15. The standard InChI is InChI=1S/C15H27NO/c1-2-3-4-5-6-7-8-9-12-15(17)16-13-10-11-14-16/h10-11,13-15,17H,2-9,12H2,1H3. The number of aliphatic hydroxyl groups is 1. The van der Waals surface area contributed by atoms with E-state index in [1.54, 1.807) is 0 Å². The minimum atomic E-state index is -0.329. The molecule has 0 aliphatic rings. The van der Waals surface area contributed by atoms with E-state index in [0.29, 0.717) is 0 Å². The largest absolute Gasteiger partial charge is 0.373 e. The van der Waals surface area contributed by atoms with E-state index < -0.39 is 0 Å². The Kier molecular flexibility index (Phi) is 7.81. The first-order valence-corrected chi connectivity index (χ1v) is 7.15. The number of rotatable bonds is 10. The average molecular weight is 237 g/mol. The third kappa shape index (κ3) is 6.52. The van der Waals surface area contributed by atoms with E-state index in [4.69, 9.17) is 0 Å². The van der Waals surface area contributed by atoms with E-state index in [2.05, 4.69) is 6.92 Å². The van der Waals surface area contributed by atoms with Crippen LogP contribution in [0.25, 0.3) is 0 Å². The predicted molar refractivity (Wildman–Crippen MR) is 72.9 cm³/mol. The summed E-state index contributed by atoms with van der Waals surface area (Å²) in [5, 5.41) is 9.85. The molecule has 2 heteroatoms. The molecular formula is C15H27NO. The lowest BCUT2D eigenvalue weighted by Crippen LogP contribution is -2.05. The van der Waals surface area contributed by atoms with Gasteiger partial charge in [-0.05, 0) is 25.0 Å². The molecule has 98 valence electrons. The van der Waals surface area contributed by atoms with Gasteiger partial charge in [-0.1, -0.05) is 51.9 Å². The molecule has 1 heterocycles. The van der Waals surface area contributed by atoms with Gasteiger partial charge < -0.3 is 9.67 Å². The van der Waals surface area contributed by atoms with Gasteiger partial charge in [0, 0.05) is 12.4 Å². The second kappa shape index (κ2) is 9.29. The molecule has 1 aromatic heterocycles. The van der Waals surface area contributed by atoms with Crippen LogP contribution in [0.1, 0.15) is 70.9 Å². The predicted octanol–water partition coefficient (Wildman–Crippen LogP) is 4.51. The van der Waals surface area contributed by atoms with Crippen LogP contribution < -0.4 is 0 Å². The molecule has 0 amide bonds. The molecule has 0 aliphatic heterocycles. The van der Waals surface area contributed by atoms with Crippen molar-refractivity contribution < 1.29 is 5.11 Å². The maximum atomic E-state index is 9.85. The Labute approximate surface area is 106 Å². The minimum absolute atomic E-state index is 0.329. The molecule has 0 aliphatic carbocycles. The molecule has 1 unspecified atom stereocenters. The zero-order valence-corrected chi connectivity index (χ0v) is 11.1. The van der Waals surface area contributed by atoms with E-state index in [0.717, 1.165) is 12.8 Å². The van der Waals surface area contributed by atoms with Crippen molar-refractivity contribution in [3.05, 3.63) is 24.5 Å². The van der Waals surface area contributed by atoms with E-state index in [-0.39, 0.29) is 6.23 Å². The maximum Gasteiger partial charge on any atom is 0.130 e. The van der Waals surface area contributed by atoms with Gasteiger partial charge in [-0.15, -0.1) is 0 Å². The van der Waals surface area contributed by atoms with Crippen LogP contribution in [0, 0.1) is 0 Å². The summed E-state index contributed by atoms with van der Waals surface area (Å²) >= 11 is 0. The molecule has 0 saturated heterocycles. The molecule has 0 radical (unpaired) electrons. The fourth-order valence-electron chi connectivity index (χ4n) is 2.16. The molecule has 0 fully saturated rings. The number of aliphatic hydroxyl groups excluding tert-OH is 1. The van der Waals surface area contributed by atoms with Crippen molar-refractivity contribution in [2.24, 2.45) is 0 Å². The summed E-state index contributed by atoms with van der Waals surface area (Å²) in [4.78, 5) is 0. The lowest BCUT2D eigenvalue weighted by atomic mass is 10.1. The van der Waals surface area contributed by atoms with Crippen LogP contribution in [0.3, 0.4) is 0 Å². The summed E-state index contributed by atoms with van der Waals surface area (Å²) < 4.78 is 1.88. The van der Waals surface area contributed by atoms with E-state index in [1.807, 2.05) is 29.1 Å². The summed E-state index contributed by atoms with van der Waals surface area (Å²) in [5.74, 6) is 0. The zero-order valence-electron chi connectivity index (χ0n) is 11.1. The molecule has 17 heavy (non-hydrogen) atoms. The fraction of sp³-hybridized carbons (Fsp3) is 0.733. The van der Waals surface area contributed by atoms with Crippen LogP contribution in [0.5, 0.6) is 0 Å². The summed E-state index contributed by atoms with van der Waals surface area (Å²) in [7, 11) is 0. The zero-order chi connectivity index (χ0) is 12.3. The van der Waals surface area contributed by atoms with Crippen LogP contribution in [0.2, 0.25) is 0 Å². The van der Waals surface area contributed by atoms with Crippen molar-refractivity contribution in [2.75, 3.05) is 0 Å². The Hall–Kier alpha value is -0.760. The second-order valence-corrected chi connectivity index (χ2v) is 4.87. The SMILES string of the molecule is CCCCCCCCCCC(O)n1cccc1. The van der Waals surface area contributed by atoms with Gasteiger partial charge in [0.05, 0.1) is 0 Å². The number of hydrogen-bond donors (Lipinski definition) is 1. The third-order valence-electron chi connectivity index (χ3n) is 3.29. The van der Waals surface area contributed by atoms with Crippen LogP contribution >= 0.6 is 0 Å². The van der Waals surface area contributed by atoms with Crippen molar-refractivity contribution >= 4 is 0 Å². The van der Waals surface area contributed by atoms with Gasteiger partial charge >= 0.3 is 0 Å². The minimum Gasteiger partial charge on any atom is -0.373 e. The highest BCUT2D eigenvalue weighted by atomic mass is 16.3. The first-order chi connectivity index (χ1) is 8.34. The Morgan fingerprint density at radius 1 is 0.882 bits per heavy atom. The topological polar surface area (TPSA) is 25.2 Å². The Bertz CT molecular complexity index is 256. The summed E-state index contributed by atoms with van der Waals surface area (Å²) in [6.07, 6.45) is 14.9. The number of nitrogens with zero attached hydrogens (tertiary/aromatic N) is 1. The molecule has 1 atom stereocenters. The van der Waals surface area contributed by atoms with Crippen molar-refractivity contribution in [1.82, 2.24) is 4.57 Å². The van der Waals surface area contributed by atoms with Crippen molar-refractivity contribution in [3.8, 4) is 0 Å². The highest BCUT2D eigenvalue weighted by Gasteiger charge is 2.03. The van der Waals surface area contributed by atoms with Crippen molar-refractivity contribution in [3.63, 3.8) is 0 Å². The van der Waals surface area contributed by atoms with Gasteiger partial charge in [-0.3, -0.25) is 0 Å².